The second-order valence-electron chi connectivity index (χ2n) is 6.32. The fourth-order valence-electron chi connectivity index (χ4n) is 3.08. The Labute approximate surface area is 137 Å². The van der Waals surface area contributed by atoms with Gasteiger partial charge in [-0.1, -0.05) is 18.6 Å². The maximum atomic E-state index is 12.0. The van der Waals surface area contributed by atoms with Crippen LogP contribution in [0.25, 0.3) is 0 Å². The molecule has 5 nitrogen and oxygen atoms in total. The quantitative estimate of drug-likeness (QED) is 0.892. The van der Waals surface area contributed by atoms with Gasteiger partial charge in [-0.15, -0.1) is 0 Å². The van der Waals surface area contributed by atoms with Crippen LogP contribution in [0.1, 0.15) is 37.4 Å². The monoisotopic (exact) mass is 312 g/mol. The van der Waals surface area contributed by atoms with Crippen LogP contribution in [-0.4, -0.2) is 33.6 Å². The Kier molecular flexibility index (Phi) is 5.08. The number of piperidine rings is 1. The van der Waals surface area contributed by atoms with Crippen LogP contribution >= 0.6 is 0 Å². The highest BCUT2D eigenvalue weighted by atomic mass is 16.1. The molecule has 5 heteroatoms. The molecule has 2 heterocycles. The fraction of sp³-hybridized carbons (Fsp3) is 0.444. The molecule has 122 valence electrons. The number of likely N-dealkylation sites (tertiary alicyclic amines) is 1. The van der Waals surface area contributed by atoms with Crippen LogP contribution < -0.4 is 5.32 Å². The third-order valence-electron chi connectivity index (χ3n) is 4.47. The molecular weight excluding hydrogens is 288 g/mol. The Morgan fingerprint density at radius 1 is 1.30 bits per heavy atom. The average molecular weight is 312 g/mol. The summed E-state index contributed by atoms with van der Waals surface area (Å²) in [7, 11) is 0. The predicted molar refractivity (Wildman–Crippen MR) is 91.1 cm³/mol. The minimum atomic E-state index is -0.0355. The summed E-state index contributed by atoms with van der Waals surface area (Å²) in [5, 5.41) is 9.56. The van der Waals surface area contributed by atoms with Gasteiger partial charge in [0.1, 0.15) is 0 Å². The summed E-state index contributed by atoms with van der Waals surface area (Å²) < 4.78 is 0. The van der Waals surface area contributed by atoms with Crippen molar-refractivity contribution in [2.45, 2.75) is 45.2 Å². The van der Waals surface area contributed by atoms with Crippen molar-refractivity contribution in [3.8, 4) is 0 Å². The number of nitrogens with zero attached hydrogens (tertiary/aromatic N) is 2. The van der Waals surface area contributed by atoms with Crippen molar-refractivity contribution in [1.29, 1.82) is 0 Å². The number of carbonyl (C=O) groups is 1. The standard InChI is InChI=1S/C18H24N4O/c1-14-4-2-3-11-22(14)13-15-5-7-16(8-6-15)20-18(23)12-17-9-10-19-21-17/h5-10,14H,2-4,11-13H2,1H3,(H,19,21)(H,20,23)/t14-/m1/s1. The molecule has 2 N–H and O–H groups in total. The number of anilines is 1. The number of hydrogen-bond donors (Lipinski definition) is 2. The van der Waals surface area contributed by atoms with Crippen molar-refractivity contribution < 1.29 is 4.79 Å². The zero-order valence-corrected chi connectivity index (χ0v) is 13.6. The molecule has 0 radical (unpaired) electrons. The Balaban J connectivity index is 1.53. The molecule has 1 aromatic carbocycles. The molecular formula is C18H24N4O. The van der Waals surface area contributed by atoms with E-state index in [1.54, 1.807) is 6.20 Å². The van der Waals surface area contributed by atoms with Gasteiger partial charge in [0.25, 0.3) is 0 Å². The molecule has 23 heavy (non-hydrogen) atoms. The van der Waals surface area contributed by atoms with Gasteiger partial charge in [0.2, 0.25) is 5.91 Å². The van der Waals surface area contributed by atoms with Crippen LogP contribution in [0, 0.1) is 0 Å². The molecule has 1 aromatic heterocycles. The van der Waals surface area contributed by atoms with Gasteiger partial charge in [0.15, 0.2) is 0 Å². The molecule has 1 fully saturated rings. The first-order chi connectivity index (χ1) is 11.2. The molecule has 1 saturated heterocycles. The third-order valence-corrected chi connectivity index (χ3v) is 4.47. The molecule has 3 rings (SSSR count). The molecule has 1 aliphatic rings. The van der Waals surface area contributed by atoms with E-state index in [4.69, 9.17) is 0 Å². The van der Waals surface area contributed by atoms with E-state index < -0.39 is 0 Å². The number of carbonyl (C=O) groups excluding carboxylic acids is 1. The Hall–Kier alpha value is -2.14. The van der Waals surface area contributed by atoms with E-state index in [2.05, 4.69) is 39.5 Å². The van der Waals surface area contributed by atoms with Gasteiger partial charge in [-0.3, -0.25) is 14.8 Å². The van der Waals surface area contributed by atoms with Gasteiger partial charge in [-0.2, -0.15) is 5.10 Å². The maximum absolute atomic E-state index is 12.0. The summed E-state index contributed by atoms with van der Waals surface area (Å²) in [5.41, 5.74) is 2.95. The highest BCUT2D eigenvalue weighted by Crippen LogP contribution is 2.20. The number of H-pyrrole nitrogens is 1. The Morgan fingerprint density at radius 3 is 2.83 bits per heavy atom. The number of nitrogens with one attached hydrogen (secondary N) is 2. The number of amides is 1. The summed E-state index contributed by atoms with van der Waals surface area (Å²) in [6.07, 6.45) is 5.90. The number of hydrogen-bond acceptors (Lipinski definition) is 3. The summed E-state index contributed by atoms with van der Waals surface area (Å²) >= 11 is 0. The van der Waals surface area contributed by atoms with Crippen LogP contribution in [-0.2, 0) is 17.8 Å². The molecule has 2 aromatic rings. The van der Waals surface area contributed by atoms with Crippen LogP contribution in [0.15, 0.2) is 36.5 Å². The van der Waals surface area contributed by atoms with Gasteiger partial charge < -0.3 is 5.32 Å². The topological polar surface area (TPSA) is 61.0 Å². The van der Waals surface area contributed by atoms with Gasteiger partial charge in [-0.25, -0.2) is 0 Å². The van der Waals surface area contributed by atoms with E-state index in [-0.39, 0.29) is 5.91 Å². The van der Waals surface area contributed by atoms with E-state index in [0.717, 1.165) is 17.9 Å². The minimum absolute atomic E-state index is 0.0355. The van der Waals surface area contributed by atoms with Crippen molar-refractivity contribution in [3.63, 3.8) is 0 Å². The van der Waals surface area contributed by atoms with Gasteiger partial charge >= 0.3 is 0 Å². The summed E-state index contributed by atoms with van der Waals surface area (Å²) in [4.78, 5) is 14.5. The highest BCUT2D eigenvalue weighted by Gasteiger charge is 2.17. The predicted octanol–water partition coefficient (Wildman–Crippen LogP) is 2.97. The van der Waals surface area contributed by atoms with Crippen molar-refractivity contribution >= 4 is 11.6 Å². The smallest absolute Gasteiger partial charge is 0.230 e. The minimum Gasteiger partial charge on any atom is -0.326 e. The van der Waals surface area contributed by atoms with Crippen molar-refractivity contribution in [2.75, 3.05) is 11.9 Å². The van der Waals surface area contributed by atoms with Crippen LogP contribution in [0.5, 0.6) is 0 Å². The van der Waals surface area contributed by atoms with Crippen LogP contribution in [0.3, 0.4) is 0 Å². The molecule has 0 unspecified atom stereocenters. The zero-order chi connectivity index (χ0) is 16.1. The lowest BCUT2D eigenvalue weighted by atomic mass is 10.0. The fourth-order valence-corrected chi connectivity index (χ4v) is 3.08. The van der Waals surface area contributed by atoms with E-state index >= 15 is 0 Å². The summed E-state index contributed by atoms with van der Waals surface area (Å²) in [5.74, 6) is -0.0355. The van der Waals surface area contributed by atoms with Crippen molar-refractivity contribution in [3.05, 3.63) is 47.8 Å². The number of aromatic amines is 1. The number of aromatic nitrogens is 2. The van der Waals surface area contributed by atoms with Crippen molar-refractivity contribution in [2.24, 2.45) is 0 Å². The first kappa shape index (κ1) is 15.7. The third kappa shape index (κ3) is 4.42. The van der Waals surface area contributed by atoms with Crippen LogP contribution in [0.2, 0.25) is 0 Å². The zero-order valence-electron chi connectivity index (χ0n) is 13.6. The van der Waals surface area contributed by atoms with Gasteiger partial charge in [-0.05, 0) is 50.1 Å². The van der Waals surface area contributed by atoms with Crippen LogP contribution in [0.4, 0.5) is 5.69 Å². The normalized spacial score (nSPS) is 18.7. The molecule has 1 aliphatic heterocycles. The lowest BCUT2D eigenvalue weighted by Gasteiger charge is -2.33. The summed E-state index contributed by atoms with van der Waals surface area (Å²) in [6, 6.07) is 10.6. The molecule has 0 saturated carbocycles. The maximum Gasteiger partial charge on any atom is 0.230 e. The average Bonchev–Trinajstić information content (AvgIpc) is 3.04. The largest absolute Gasteiger partial charge is 0.326 e. The van der Waals surface area contributed by atoms with Gasteiger partial charge in [0, 0.05) is 30.2 Å². The van der Waals surface area contributed by atoms with E-state index in [1.807, 2.05) is 18.2 Å². The second-order valence-corrected chi connectivity index (χ2v) is 6.32. The lowest BCUT2D eigenvalue weighted by molar-refractivity contribution is -0.115. The van der Waals surface area contributed by atoms with E-state index in [0.29, 0.717) is 12.5 Å². The number of rotatable bonds is 5. The van der Waals surface area contributed by atoms with Gasteiger partial charge in [0.05, 0.1) is 6.42 Å². The summed E-state index contributed by atoms with van der Waals surface area (Å²) in [6.45, 7) is 4.48. The molecule has 0 bridgehead atoms. The SMILES string of the molecule is C[C@@H]1CCCCN1Cc1ccc(NC(=O)Cc2ccn[nH]2)cc1. The van der Waals surface area contributed by atoms with E-state index in [9.17, 15) is 4.79 Å². The molecule has 0 aliphatic carbocycles. The molecule has 1 amide bonds. The Morgan fingerprint density at radius 2 is 2.13 bits per heavy atom. The lowest BCUT2D eigenvalue weighted by Crippen LogP contribution is -2.36. The second kappa shape index (κ2) is 7.42. The number of benzene rings is 1. The van der Waals surface area contributed by atoms with Crippen molar-refractivity contribution in [1.82, 2.24) is 15.1 Å². The highest BCUT2D eigenvalue weighted by molar-refractivity contribution is 5.91. The Bertz CT molecular complexity index is 621. The molecule has 1 atom stereocenters. The van der Waals surface area contributed by atoms with E-state index in [1.165, 1.54) is 31.4 Å². The first-order valence-corrected chi connectivity index (χ1v) is 8.32. The molecule has 0 spiro atoms. The first-order valence-electron chi connectivity index (χ1n) is 8.32.